The number of aryl methyl sites for hydroxylation is 1. The lowest BCUT2D eigenvalue weighted by atomic mass is 9.84. The van der Waals surface area contributed by atoms with Crippen LogP contribution in [0, 0.1) is 12.7 Å². The molecule has 176 valence electrons. The summed E-state index contributed by atoms with van der Waals surface area (Å²) in [5, 5.41) is 8.99. The van der Waals surface area contributed by atoms with Gasteiger partial charge in [-0.2, -0.15) is 4.98 Å². The molecule has 0 radical (unpaired) electrons. The maximum absolute atomic E-state index is 14.4. The number of hydrogen-bond acceptors (Lipinski definition) is 6. The summed E-state index contributed by atoms with van der Waals surface area (Å²) in [6, 6.07) is 20.3. The quantitative estimate of drug-likeness (QED) is 0.356. The van der Waals surface area contributed by atoms with Gasteiger partial charge in [-0.05, 0) is 60.7 Å². The minimum absolute atomic E-state index is 0.307. The van der Waals surface area contributed by atoms with Crippen molar-refractivity contribution in [2.75, 3.05) is 18.7 Å². The fourth-order valence-electron chi connectivity index (χ4n) is 4.76. The Bertz CT molecular complexity index is 1460. The van der Waals surface area contributed by atoms with Crippen LogP contribution in [-0.4, -0.2) is 28.1 Å². The van der Waals surface area contributed by atoms with E-state index in [2.05, 4.69) is 18.3 Å². The molecule has 0 saturated heterocycles. The SMILES string of the molecule is COc1ccc([C@H]2C3=C(Nc4nc(SC)nn42)c2cc(C)ccc2O[C@H]3c2cccc(F)c2)cc1. The molecule has 4 aromatic rings. The van der Waals surface area contributed by atoms with Crippen LogP contribution in [0.15, 0.2) is 77.5 Å². The number of thioether (sulfide) groups is 1. The van der Waals surface area contributed by atoms with Crippen LogP contribution >= 0.6 is 11.8 Å². The minimum Gasteiger partial charge on any atom is -0.497 e. The first kappa shape index (κ1) is 21.7. The zero-order valence-electron chi connectivity index (χ0n) is 19.4. The predicted molar refractivity (Wildman–Crippen MR) is 134 cm³/mol. The van der Waals surface area contributed by atoms with Crippen molar-refractivity contribution in [3.63, 3.8) is 0 Å². The van der Waals surface area contributed by atoms with E-state index in [-0.39, 0.29) is 11.9 Å². The maximum atomic E-state index is 14.4. The number of hydrogen-bond donors (Lipinski definition) is 1. The smallest absolute Gasteiger partial charge is 0.227 e. The monoisotopic (exact) mass is 486 g/mol. The van der Waals surface area contributed by atoms with Crippen molar-refractivity contribution in [1.29, 1.82) is 0 Å². The highest BCUT2D eigenvalue weighted by Crippen LogP contribution is 2.51. The fourth-order valence-corrected chi connectivity index (χ4v) is 5.11. The number of nitrogens with one attached hydrogen (secondary N) is 1. The van der Waals surface area contributed by atoms with E-state index in [9.17, 15) is 4.39 Å². The van der Waals surface area contributed by atoms with Crippen LogP contribution in [0.1, 0.15) is 34.4 Å². The van der Waals surface area contributed by atoms with Gasteiger partial charge >= 0.3 is 0 Å². The molecule has 2 atom stereocenters. The third-order valence-corrected chi connectivity index (χ3v) is 6.91. The molecule has 35 heavy (non-hydrogen) atoms. The molecule has 0 fully saturated rings. The van der Waals surface area contributed by atoms with E-state index in [0.29, 0.717) is 11.1 Å². The van der Waals surface area contributed by atoms with Crippen LogP contribution in [0.3, 0.4) is 0 Å². The summed E-state index contributed by atoms with van der Waals surface area (Å²) in [5.41, 5.74) is 5.66. The van der Waals surface area contributed by atoms with Gasteiger partial charge in [0.25, 0.3) is 0 Å². The summed E-state index contributed by atoms with van der Waals surface area (Å²) in [6.45, 7) is 2.05. The zero-order valence-corrected chi connectivity index (χ0v) is 20.3. The number of benzene rings is 3. The first-order valence-corrected chi connectivity index (χ1v) is 12.5. The molecular formula is C27H23FN4O2S. The molecule has 1 N–H and O–H groups in total. The largest absolute Gasteiger partial charge is 0.497 e. The number of methoxy groups -OCH3 is 1. The molecule has 3 aromatic carbocycles. The molecule has 6 rings (SSSR count). The summed E-state index contributed by atoms with van der Waals surface area (Å²) >= 11 is 1.48. The van der Waals surface area contributed by atoms with Crippen LogP contribution < -0.4 is 14.8 Å². The van der Waals surface area contributed by atoms with Gasteiger partial charge in [-0.3, -0.25) is 0 Å². The lowest BCUT2D eigenvalue weighted by Gasteiger charge is -2.39. The third kappa shape index (κ3) is 3.65. The zero-order chi connectivity index (χ0) is 24.1. The second-order valence-electron chi connectivity index (χ2n) is 8.55. The third-order valence-electron chi connectivity index (χ3n) is 6.37. The number of nitrogens with zero attached hydrogens (tertiary/aromatic N) is 3. The molecule has 8 heteroatoms. The minimum atomic E-state index is -0.523. The average Bonchev–Trinajstić information content (AvgIpc) is 3.30. The second kappa shape index (κ2) is 8.46. The summed E-state index contributed by atoms with van der Waals surface area (Å²) in [4.78, 5) is 4.72. The first-order valence-electron chi connectivity index (χ1n) is 11.2. The molecular weight excluding hydrogens is 463 g/mol. The Hall–Kier alpha value is -3.78. The average molecular weight is 487 g/mol. The topological polar surface area (TPSA) is 61.2 Å². The van der Waals surface area contributed by atoms with Crippen molar-refractivity contribution in [2.45, 2.75) is 24.2 Å². The van der Waals surface area contributed by atoms with E-state index in [1.54, 1.807) is 13.2 Å². The summed E-state index contributed by atoms with van der Waals surface area (Å²) in [7, 11) is 1.65. The normalized spacial score (nSPS) is 18.2. The molecule has 0 amide bonds. The van der Waals surface area contributed by atoms with E-state index in [4.69, 9.17) is 19.6 Å². The second-order valence-corrected chi connectivity index (χ2v) is 9.32. The van der Waals surface area contributed by atoms with Crippen molar-refractivity contribution in [3.8, 4) is 11.5 Å². The van der Waals surface area contributed by atoms with E-state index in [1.165, 1.54) is 23.9 Å². The highest BCUT2D eigenvalue weighted by molar-refractivity contribution is 7.98. The van der Waals surface area contributed by atoms with Gasteiger partial charge < -0.3 is 14.8 Å². The molecule has 0 aliphatic carbocycles. The standard InChI is InChI=1S/C27H23FN4O2S/c1-15-7-12-21-20(13-15)23-22(25(34-21)17-5-4-6-18(28)14-17)24(16-8-10-19(33-2)11-9-16)32-26(29-23)30-27(31-32)35-3/h4-14,24-25H,1-3H3,(H,29,30,31)/t24-,25-/m0/s1. The predicted octanol–water partition coefficient (Wildman–Crippen LogP) is 6.02. The van der Waals surface area contributed by atoms with Gasteiger partial charge in [-0.1, -0.05) is 47.7 Å². The molecule has 6 nitrogen and oxygen atoms in total. The number of fused-ring (bicyclic) bond motifs is 3. The lowest BCUT2D eigenvalue weighted by molar-refractivity contribution is 0.222. The first-order chi connectivity index (χ1) is 17.1. The van der Waals surface area contributed by atoms with E-state index in [1.807, 2.05) is 53.4 Å². The van der Waals surface area contributed by atoms with Crippen LogP contribution in [-0.2, 0) is 0 Å². The van der Waals surface area contributed by atoms with Crippen molar-refractivity contribution >= 4 is 23.4 Å². The molecule has 0 unspecified atom stereocenters. The van der Waals surface area contributed by atoms with Gasteiger partial charge in [0.05, 0.1) is 12.8 Å². The van der Waals surface area contributed by atoms with Crippen molar-refractivity contribution in [1.82, 2.24) is 14.8 Å². The van der Waals surface area contributed by atoms with Gasteiger partial charge in [0, 0.05) is 11.1 Å². The highest BCUT2D eigenvalue weighted by atomic mass is 32.2. The Morgan fingerprint density at radius 1 is 1.06 bits per heavy atom. The lowest BCUT2D eigenvalue weighted by Crippen LogP contribution is -2.32. The summed E-state index contributed by atoms with van der Waals surface area (Å²) < 4.78 is 28.2. The molecule has 3 heterocycles. The number of halogens is 1. The van der Waals surface area contributed by atoms with Crippen molar-refractivity contribution in [3.05, 3.63) is 100 Å². The molecule has 0 spiro atoms. The molecule has 2 aliphatic heterocycles. The van der Waals surface area contributed by atoms with Gasteiger partial charge in [-0.25, -0.2) is 9.07 Å². The van der Waals surface area contributed by atoms with Gasteiger partial charge in [-0.15, -0.1) is 5.10 Å². The fraction of sp³-hybridized carbons (Fsp3) is 0.185. The van der Waals surface area contributed by atoms with Crippen molar-refractivity contribution in [2.24, 2.45) is 0 Å². The van der Waals surface area contributed by atoms with E-state index in [0.717, 1.165) is 45.0 Å². The maximum Gasteiger partial charge on any atom is 0.227 e. The number of rotatable bonds is 4. The van der Waals surface area contributed by atoms with Crippen molar-refractivity contribution < 1.29 is 13.9 Å². The molecule has 0 bridgehead atoms. The van der Waals surface area contributed by atoms with Crippen LogP contribution in [0.2, 0.25) is 0 Å². The Morgan fingerprint density at radius 3 is 2.63 bits per heavy atom. The van der Waals surface area contributed by atoms with Crippen LogP contribution in [0.25, 0.3) is 5.70 Å². The molecule has 0 saturated carbocycles. The Labute approximate surface area is 206 Å². The van der Waals surface area contributed by atoms with Crippen LogP contribution in [0.4, 0.5) is 10.3 Å². The number of aromatic nitrogens is 3. The van der Waals surface area contributed by atoms with Crippen LogP contribution in [0.5, 0.6) is 11.5 Å². The molecule has 1 aromatic heterocycles. The summed E-state index contributed by atoms with van der Waals surface area (Å²) in [5.74, 6) is 1.85. The number of ether oxygens (including phenoxy) is 2. The van der Waals surface area contributed by atoms with E-state index >= 15 is 0 Å². The Kier molecular flexibility index (Phi) is 5.25. The highest BCUT2D eigenvalue weighted by Gasteiger charge is 2.41. The Morgan fingerprint density at radius 2 is 1.89 bits per heavy atom. The van der Waals surface area contributed by atoms with Gasteiger partial charge in [0.15, 0.2) is 0 Å². The number of anilines is 1. The van der Waals surface area contributed by atoms with E-state index < -0.39 is 6.10 Å². The van der Waals surface area contributed by atoms with Gasteiger partial charge in [0.1, 0.15) is 29.5 Å². The van der Waals surface area contributed by atoms with Gasteiger partial charge in [0.2, 0.25) is 11.1 Å². The Balaban J connectivity index is 1.63. The molecule has 2 aliphatic rings. The summed E-state index contributed by atoms with van der Waals surface area (Å²) in [6.07, 6.45) is 1.43.